The largest absolute Gasteiger partial charge is 0.452 e. The molecule has 2 amide bonds. The molecule has 2 aromatic carbocycles. The van der Waals surface area contributed by atoms with Gasteiger partial charge in [0.1, 0.15) is 23.8 Å². The first-order chi connectivity index (χ1) is 32.8. The first-order valence-electron chi connectivity index (χ1n) is 20.7. The summed E-state index contributed by atoms with van der Waals surface area (Å²) in [6.07, 6.45) is -8.81. The molecule has 2 saturated heterocycles. The number of ether oxygens (including phenoxy) is 2. The number of aryl methyl sites for hydroxylation is 2. The van der Waals surface area contributed by atoms with Crippen LogP contribution in [0.5, 0.6) is 0 Å². The molecule has 0 spiro atoms. The number of piperidine rings is 1. The van der Waals surface area contributed by atoms with Crippen LogP contribution in [0.2, 0.25) is 0 Å². The smallest absolute Gasteiger partial charge is 0.422 e. The Labute approximate surface area is 397 Å². The molecule has 2 aliphatic heterocycles. The number of pyridine rings is 2. The van der Waals surface area contributed by atoms with Crippen molar-refractivity contribution < 1.29 is 71.8 Å². The van der Waals surface area contributed by atoms with Crippen LogP contribution in [0.3, 0.4) is 0 Å². The lowest BCUT2D eigenvalue weighted by atomic mass is 9.96. The molecular formula is C44H42F6N8O10S2. The number of alkyl halides is 6. The molecule has 4 aromatic rings. The van der Waals surface area contributed by atoms with Gasteiger partial charge in [0.2, 0.25) is 31.9 Å². The van der Waals surface area contributed by atoms with E-state index in [2.05, 4.69) is 24.2 Å². The maximum Gasteiger partial charge on any atom is 0.422 e. The van der Waals surface area contributed by atoms with Crippen molar-refractivity contribution in [2.24, 2.45) is 11.8 Å². The number of aromatic nitrogens is 2. The third-order valence-corrected chi connectivity index (χ3v) is 12.9. The van der Waals surface area contributed by atoms with Crippen LogP contribution in [0.25, 0.3) is 0 Å². The van der Waals surface area contributed by atoms with Crippen molar-refractivity contribution >= 4 is 55.4 Å². The van der Waals surface area contributed by atoms with E-state index in [1.54, 1.807) is 65.6 Å². The van der Waals surface area contributed by atoms with Crippen LogP contribution >= 0.6 is 0 Å². The summed E-state index contributed by atoms with van der Waals surface area (Å²) < 4.78 is 136. The molecular weight excluding hydrogens is 979 g/mol. The maximum atomic E-state index is 12.6. The first-order valence-corrected chi connectivity index (χ1v) is 24.0. The van der Waals surface area contributed by atoms with E-state index in [0.29, 0.717) is 11.1 Å². The molecule has 26 heteroatoms. The zero-order chi connectivity index (χ0) is 51.6. The van der Waals surface area contributed by atoms with E-state index in [4.69, 9.17) is 0 Å². The van der Waals surface area contributed by atoms with E-state index in [1.807, 2.05) is 16.9 Å². The van der Waals surface area contributed by atoms with E-state index in [0.717, 1.165) is 12.1 Å². The van der Waals surface area contributed by atoms with E-state index in [-0.39, 0.29) is 95.8 Å². The second-order valence-corrected chi connectivity index (χ2v) is 19.3. The second kappa shape index (κ2) is 22.4. The van der Waals surface area contributed by atoms with Gasteiger partial charge in [-0.2, -0.15) is 36.9 Å². The lowest BCUT2D eigenvalue weighted by Gasteiger charge is -2.39. The Balaban J connectivity index is 0.000000261. The number of amides is 2. The van der Waals surface area contributed by atoms with E-state index < -0.39 is 81.2 Å². The summed E-state index contributed by atoms with van der Waals surface area (Å²) in [5.41, 5.74) is 0.522. The van der Waals surface area contributed by atoms with Crippen molar-refractivity contribution in [1.29, 1.82) is 10.5 Å². The Hall–Kier alpha value is -7.32. The second-order valence-electron chi connectivity index (χ2n) is 15.9. The SMILES string of the molecule is Cc1nc(N2CC(C(=O)NS(=O)(=O)Cc3ccccc3)C2)c(C#N)cc1C(=O)OCC(F)(F)F.Cc1nc(N2CCC(C(=O)NS(=O)(=O)Cc3ccccc3)CC2)c(C#N)cc1C(=O)OCC(F)(F)F. The minimum atomic E-state index is -4.70. The highest BCUT2D eigenvalue weighted by molar-refractivity contribution is 7.89. The average molecular weight is 1020 g/mol. The predicted octanol–water partition coefficient (Wildman–Crippen LogP) is 4.91. The highest BCUT2D eigenvalue weighted by Gasteiger charge is 2.38. The summed E-state index contributed by atoms with van der Waals surface area (Å²) >= 11 is 0. The van der Waals surface area contributed by atoms with Gasteiger partial charge in [-0.15, -0.1) is 0 Å². The lowest BCUT2D eigenvalue weighted by molar-refractivity contribution is -0.161. The van der Waals surface area contributed by atoms with Crippen LogP contribution in [0.4, 0.5) is 38.0 Å². The fourth-order valence-electron chi connectivity index (χ4n) is 7.00. The first kappa shape index (κ1) is 53.6. The summed E-state index contributed by atoms with van der Waals surface area (Å²) in [5.74, 6) is -5.42. The summed E-state index contributed by atoms with van der Waals surface area (Å²) in [7, 11) is -7.78. The molecule has 0 atom stereocenters. The van der Waals surface area contributed by atoms with E-state index in [9.17, 15) is 72.9 Å². The molecule has 18 nitrogen and oxygen atoms in total. The number of benzene rings is 2. The predicted molar refractivity (Wildman–Crippen MR) is 235 cm³/mol. The molecule has 0 saturated carbocycles. The Bertz CT molecular complexity index is 2900. The summed E-state index contributed by atoms with van der Waals surface area (Å²) in [5, 5.41) is 18.9. The van der Waals surface area contributed by atoms with Gasteiger partial charge in [0.15, 0.2) is 13.2 Å². The number of sulfonamides is 2. The highest BCUT2D eigenvalue weighted by atomic mass is 32.2. The van der Waals surface area contributed by atoms with Gasteiger partial charge in [0, 0.05) is 32.1 Å². The molecule has 0 aliphatic carbocycles. The minimum Gasteiger partial charge on any atom is -0.452 e. The fourth-order valence-corrected chi connectivity index (χ4v) is 9.35. The van der Waals surface area contributed by atoms with Crippen LogP contribution in [-0.4, -0.2) is 102 Å². The number of nitriles is 2. The van der Waals surface area contributed by atoms with Gasteiger partial charge in [0.05, 0.1) is 51.1 Å². The zero-order valence-electron chi connectivity index (χ0n) is 37.0. The van der Waals surface area contributed by atoms with Gasteiger partial charge in [-0.3, -0.25) is 19.0 Å². The molecule has 0 radical (unpaired) electrons. The van der Waals surface area contributed by atoms with Crippen molar-refractivity contribution in [3.8, 4) is 12.1 Å². The van der Waals surface area contributed by atoms with Crippen LogP contribution in [-0.2, 0) is 50.6 Å². The zero-order valence-corrected chi connectivity index (χ0v) is 38.6. The van der Waals surface area contributed by atoms with Crippen LogP contribution in [0, 0.1) is 48.3 Å². The highest BCUT2D eigenvalue weighted by Crippen LogP contribution is 2.30. The van der Waals surface area contributed by atoms with Gasteiger partial charge in [-0.25, -0.2) is 36.4 Å². The number of carbonyl (C=O) groups is 4. The number of nitrogens with one attached hydrogen (secondary N) is 2. The maximum absolute atomic E-state index is 12.6. The minimum absolute atomic E-state index is 0.0344. The van der Waals surface area contributed by atoms with Crippen molar-refractivity contribution in [1.82, 2.24) is 19.4 Å². The van der Waals surface area contributed by atoms with Crippen molar-refractivity contribution in [2.75, 3.05) is 49.2 Å². The number of rotatable bonds is 14. The van der Waals surface area contributed by atoms with Gasteiger partial charge >= 0.3 is 24.3 Å². The Morgan fingerprint density at radius 1 is 0.643 bits per heavy atom. The number of halogens is 6. The fraction of sp³-hybridized carbons (Fsp3) is 0.364. The lowest BCUT2D eigenvalue weighted by Crippen LogP contribution is -2.55. The quantitative estimate of drug-likeness (QED) is 0.126. The van der Waals surface area contributed by atoms with Crippen molar-refractivity contribution in [2.45, 2.75) is 50.5 Å². The number of esters is 2. The van der Waals surface area contributed by atoms with Gasteiger partial charge in [-0.05, 0) is 49.9 Å². The molecule has 6 rings (SSSR count). The summed E-state index contributed by atoms with van der Waals surface area (Å²) in [4.78, 5) is 60.5. The molecule has 2 aromatic heterocycles. The molecule has 2 aliphatic rings. The van der Waals surface area contributed by atoms with E-state index in [1.165, 1.54) is 18.7 Å². The Morgan fingerprint density at radius 3 is 1.39 bits per heavy atom. The number of hydrogen-bond acceptors (Lipinski definition) is 16. The number of hydrogen-bond donors (Lipinski definition) is 2. The normalized spacial score (nSPS) is 14.4. The monoisotopic (exact) mass is 1020 g/mol. The number of nitrogens with zero attached hydrogens (tertiary/aromatic N) is 6. The standard InChI is InChI=1S/C23H23F3N4O5S.C21H19F3N4O5S/c1-15-19(22(32)35-14-23(24,25)26)11-18(12-27)20(28-15)30-9-7-17(8-10-30)21(31)29-36(33,34)13-16-5-3-2-4-6-16;1-13-17(20(30)33-12-21(22,23)24)7-15(8-25)18(26-13)28-9-16(10-28)19(29)27-34(31,32)11-14-5-3-2-4-6-14/h2-6,11,17H,7-10,13-14H2,1H3,(H,29,31);2-7,16H,9-12H2,1H3,(H,27,29). The summed E-state index contributed by atoms with van der Waals surface area (Å²) in [6, 6.07) is 22.7. The van der Waals surface area contributed by atoms with Crippen LogP contribution in [0.1, 0.15) is 67.2 Å². The molecule has 70 heavy (non-hydrogen) atoms. The third kappa shape index (κ3) is 15.3. The molecule has 2 fully saturated rings. The third-order valence-electron chi connectivity index (χ3n) is 10.4. The number of carbonyl (C=O) groups excluding carboxylic acids is 4. The topological polar surface area (TPSA) is 259 Å². The van der Waals surface area contributed by atoms with Crippen LogP contribution in [0.15, 0.2) is 72.8 Å². The van der Waals surface area contributed by atoms with Crippen molar-refractivity contribution in [3.05, 3.63) is 118 Å². The van der Waals surface area contributed by atoms with Crippen molar-refractivity contribution in [3.63, 3.8) is 0 Å². The molecule has 4 heterocycles. The van der Waals surface area contributed by atoms with Gasteiger partial charge < -0.3 is 19.3 Å². The van der Waals surface area contributed by atoms with E-state index >= 15 is 0 Å². The van der Waals surface area contributed by atoms with Gasteiger partial charge in [0.25, 0.3) is 0 Å². The van der Waals surface area contributed by atoms with Crippen LogP contribution < -0.4 is 19.2 Å². The Kier molecular flexibility index (Phi) is 17.2. The molecule has 0 bridgehead atoms. The molecule has 372 valence electrons. The molecule has 2 N–H and O–H groups in total. The average Bonchev–Trinajstić information content (AvgIpc) is 3.26. The van der Waals surface area contributed by atoms with Gasteiger partial charge in [-0.1, -0.05) is 60.7 Å². The summed E-state index contributed by atoms with van der Waals surface area (Å²) in [6.45, 7) is -0.0822. The number of anilines is 2. The Morgan fingerprint density at radius 2 is 1.01 bits per heavy atom. The molecule has 0 unspecified atom stereocenters.